The number of methoxy groups -OCH3 is 1. The number of carbonyl (C=O) groups is 2. The number of rotatable bonds is 7. The summed E-state index contributed by atoms with van der Waals surface area (Å²) in [6, 6.07) is 0. The van der Waals surface area contributed by atoms with Gasteiger partial charge in [-0.25, -0.2) is 0 Å². The highest BCUT2D eigenvalue weighted by molar-refractivity contribution is 5.81. The zero-order chi connectivity index (χ0) is 15.8. The molecular formula is C15H26N2O5. The van der Waals surface area contributed by atoms with Crippen molar-refractivity contribution in [2.45, 2.75) is 25.4 Å². The zero-order valence-corrected chi connectivity index (χ0v) is 13.3. The largest absolute Gasteiger partial charge is 0.469 e. The minimum absolute atomic E-state index is 0.00494. The van der Waals surface area contributed by atoms with Crippen LogP contribution in [-0.4, -0.2) is 87.4 Å². The lowest BCUT2D eigenvalue weighted by atomic mass is 10.2. The molecule has 2 aliphatic rings. The number of hydrogen-bond acceptors (Lipinski definition) is 6. The van der Waals surface area contributed by atoms with Gasteiger partial charge in [-0.05, 0) is 12.8 Å². The molecular weight excluding hydrogens is 288 g/mol. The second-order valence-corrected chi connectivity index (χ2v) is 5.61. The number of morpholine rings is 1. The Balaban J connectivity index is 1.84. The molecule has 0 aliphatic carbocycles. The predicted molar refractivity (Wildman–Crippen MR) is 79.4 cm³/mol. The van der Waals surface area contributed by atoms with Crippen molar-refractivity contribution in [3.8, 4) is 0 Å². The molecule has 0 aromatic carbocycles. The standard InChI is InChI=1S/C15H26N2O5/c1-20-14(18)4-5-17(15(19)13-3-2-10-22-13)7-6-16-8-11-21-12-9-16/h13H,2-12H2,1H3. The molecule has 22 heavy (non-hydrogen) atoms. The maximum atomic E-state index is 12.5. The van der Waals surface area contributed by atoms with Crippen molar-refractivity contribution in [1.29, 1.82) is 0 Å². The highest BCUT2D eigenvalue weighted by Gasteiger charge is 2.28. The van der Waals surface area contributed by atoms with Gasteiger partial charge in [0.05, 0.1) is 26.7 Å². The van der Waals surface area contributed by atoms with Crippen LogP contribution >= 0.6 is 0 Å². The molecule has 2 saturated heterocycles. The van der Waals surface area contributed by atoms with Gasteiger partial charge < -0.3 is 19.1 Å². The number of carbonyl (C=O) groups excluding carboxylic acids is 2. The van der Waals surface area contributed by atoms with Crippen molar-refractivity contribution in [3.05, 3.63) is 0 Å². The first-order valence-corrected chi connectivity index (χ1v) is 7.98. The van der Waals surface area contributed by atoms with Gasteiger partial charge in [0.15, 0.2) is 0 Å². The fourth-order valence-electron chi connectivity index (χ4n) is 2.72. The van der Waals surface area contributed by atoms with Gasteiger partial charge in [-0.3, -0.25) is 14.5 Å². The fourth-order valence-corrected chi connectivity index (χ4v) is 2.72. The lowest BCUT2D eigenvalue weighted by Gasteiger charge is -2.31. The van der Waals surface area contributed by atoms with Crippen molar-refractivity contribution in [2.24, 2.45) is 0 Å². The molecule has 2 heterocycles. The molecule has 2 rings (SSSR count). The Morgan fingerprint density at radius 2 is 2.00 bits per heavy atom. The summed E-state index contributed by atoms with van der Waals surface area (Å²) in [5, 5.41) is 0. The molecule has 7 heteroatoms. The molecule has 1 amide bonds. The van der Waals surface area contributed by atoms with Crippen molar-refractivity contribution >= 4 is 11.9 Å². The number of ether oxygens (including phenoxy) is 3. The molecule has 0 N–H and O–H groups in total. The maximum Gasteiger partial charge on any atom is 0.307 e. The summed E-state index contributed by atoms with van der Waals surface area (Å²) >= 11 is 0. The highest BCUT2D eigenvalue weighted by Crippen LogP contribution is 2.15. The van der Waals surface area contributed by atoms with E-state index in [0.29, 0.717) is 19.7 Å². The van der Waals surface area contributed by atoms with Gasteiger partial charge >= 0.3 is 5.97 Å². The second kappa shape index (κ2) is 9.07. The van der Waals surface area contributed by atoms with Gasteiger partial charge in [-0.1, -0.05) is 0 Å². The van der Waals surface area contributed by atoms with E-state index in [1.54, 1.807) is 4.90 Å². The quantitative estimate of drug-likeness (QED) is 0.611. The van der Waals surface area contributed by atoms with E-state index >= 15 is 0 Å². The Labute approximate surface area is 131 Å². The summed E-state index contributed by atoms with van der Waals surface area (Å²) < 4.78 is 15.5. The molecule has 0 saturated carbocycles. The van der Waals surface area contributed by atoms with Crippen molar-refractivity contribution in [3.63, 3.8) is 0 Å². The average molecular weight is 314 g/mol. The van der Waals surface area contributed by atoms with E-state index in [1.165, 1.54) is 7.11 Å². The van der Waals surface area contributed by atoms with Crippen molar-refractivity contribution < 1.29 is 23.8 Å². The number of hydrogen-bond donors (Lipinski definition) is 0. The van der Waals surface area contributed by atoms with Crippen LogP contribution in [0.5, 0.6) is 0 Å². The highest BCUT2D eigenvalue weighted by atomic mass is 16.5. The van der Waals surface area contributed by atoms with E-state index < -0.39 is 0 Å². The van der Waals surface area contributed by atoms with E-state index in [4.69, 9.17) is 9.47 Å². The zero-order valence-electron chi connectivity index (χ0n) is 13.3. The minimum atomic E-state index is -0.345. The maximum absolute atomic E-state index is 12.5. The van der Waals surface area contributed by atoms with E-state index in [1.807, 2.05) is 0 Å². The summed E-state index contributed by atoms with van der Waals surface area (Å²) in [5.41, 5.74) is 0. The second-order valence-electron chi connectivity index (χ2n) is 5.61. The van der Waals surface area contributed by atoms with Crippen LogP contribution in [0.2, 0.25) is 0 Å². The topological polar surface area (TPSA) is 68.3 Å². The van der Waals surface area contributed by atoms with Crippen LogP contribution in [0.3, 0.4) is 0 Å². The molecule has 0 radical (unpaired) electrons. The fraction of sp³-hybridized carbons (Fsp3) is 0.867. The molecule has 7 nitrogen and oxygen atoms in total. The Morgan fingerprint density at radius 3 is 2.64 bits per heavy atom. The molecule has 126 valence electrons. The van der Waals surface area contributed by atoms with Gasteiger partial charge in [0.1, 0.15) is 6.10 Å². The van der Waals surface area contributed by atoms with Gasteiger partial charge in [-0.15, -0.1) is 0 Å². The third-order valence-electron chi connectivity index (χ3n) is 4.12. The van der Waals surface area contributed by atoms with Crippen LogP contribution in [0.4, 0.5) is 0 Å². The first-order valence-electron chi connectivity index (χ1n) is 7.98. The summed E-state index contributed by atoms with van der Waals surface area (Å²) in [6.07, 6.45) is 1.57. The lowest BCUT2D eigenvalue weighted by Crippen LogP contribution is -2.46. The third kappa shape index (κ3) is 5.23. The molecule has 2 aliphatic heterocycles. The molecule has 2 fully saturated rings. The van der Waals surface area contributed by atoms with Crippen LogP contribution < -0.4 is 0 Å². The first-order chi connectivity index (χ1) is 10.7. The molecule has 0 spiro atoms. The van der Waals surface area contributed by atoms with Crippen LogP contribution in [0.1, 0.15) is 19.3 Å². The molecule has 1 atom stereocenters. The SMILES string of the molecule is COC(=O)CCN(CCN1CCOCC1)C(=O)C1CCCO1. The average Bonchev–Trinajstić information content (AvgIpc) is 3.09. The summed E-state index contributed by atoms with van der Waals surface area (Å²) in [6.45, 7) is 5.68. The predicted octanol–water partition coefficient (Wildman–Crippen LogP) is -0.111. The van der Waals surface area contributed by atoms with Crippen LogP contribution in [-0.2, 0) is 23.8 Å². The molecule has 0 aromatic heterocycles. The third-order valence-corrected chi connectivity index (χ3v) is 4.12. The smallest absolute Gasteiger partial charge is 0.307 e. The van der Waals surface area contributed by atoms with E-state index in [-0.39, 0.29) is 24.4 Å². The molecule has 0 aromatic rings. The van der Waals surface area contributed by atoms with E-state index in [2.05, 4.69) is 9.64 Å². The van der Waals surface area contributed by atoms with Gasteiger partial charge in [0.25, 0.3) is 5.91 Å². The summed E-state index contributed by atoms with van der Waals surface area (Å²) in [5.74, 6) is -0.300. The number of esters is 1. The Bertz CT molecular complexity index is 365. The summed E-state index contributed by atoms with van der Waals surface area (Å²) in [7, 11) is 1.36. The summed E-state index contributed by atoms with van der Waals surface area (Å²) in [4.78, 5) is 27.9. The normalized spacial score (nSPS) is 22.5. The monoisotopic (exact) mass is 314 g/mol. The van der Waals surface area contributed by atoms with E-state index in [9.17, 15) is 9.59 Å². The van der Waals surface area contributed by atoms with Crippen LogP contribution in [0.25, 0.3) is 0 Å². The number of nitrogens with zero attached hydrogens (tertiary/aromatic N) is 2. The Morgan fingerprint density at radius 1 is 1.23 bits per heavy atom. The molecule has 0 bridgehead atoms. The lowest BCUT2D eigenvalue weighted by molar-refractivity contribution is -0.144. The Kier molecular flexibility index (Phi) is 7.08. The Hall–Kier alpha value is -1.18. The molecule has 1 unspecified atom stereocenters. The van der Waals surface area contributed by atoms with Crippen molar-refractivity contribution in [2.75, 3.05) is 59.7 Å². The minimum Gasteiger partial charge on any atom is -0.469 e. The van der Waals surface area contributed by atoms with Gasteiger partial charge in [0, 0.05) is 39.3 Å². The van der Waals surface area contributed by atoms with Gasteiger partial charge in [-0.2, -0.15) is 0 Å². The van der Waals surface area contributed by atoms with Gasteiger partial charge in [0.2, 0.25) is 0 Å². The van der Waals surface area contributed by atoms with Crippen LogP contribution in [0.15, 0.2) is 0 Å². The first kappa shape index (κ1) is 17.2. The van der Waals surface area contributed by atoms with E-state index in [0.717, 1.165) is 45.7 Å². The van der Waals surface area contributed by atoms with Crippen molar-refractivity contribution in [1.82, 2.24) is 9.80 Å². The number of amides is 1. The van der Waals surface area contributed by atoms with Crippen LogP contribution in [0, 0.1) is 0 Å².